The third kappa shape index (κ3) is 5.07. The molecule has 0 atom stereocenters. The molecule has 2 aromatic rings. The molecule has 0 bridgehead atoms. The van der Waals surface area contributed by atoms with Gasteiger partial charge in [-0.25, -0.2) is 9.49 Å². The summed E-state index contributed by atoms with van der Waals surface area (Å²) in [5, 5.41) is 6.88. The number of hydrogen-bond acceptors (Lipinski definition) is 5. The van der Waals surface area contributed by atoms with Crippen molar-refractivity contribution in [3.63, 3.8) is 0 Å². The molecular formula is C24H32FN5O2. The number of benzene rings is 1. The summed E-state index contributed by atoms with van der Waals surface area (Å²) in [5.41, 5.74) is 3.49. The Morgan fingerprint density at radius 2 is 1.84 bits per heavy atom. The van der Waals surface area contributed by atoms with Gasteiger partial charge >= 0.3 is 0 Å². The SMILES string of the molecule is CN(C)CCN1CCN(C(=O)c2cc(Cc3n[nH]c(=O)c4c3CCCC4)ccc2F)CC1. The van der Waals surface area contributed by atoms with Crippen LogP contribution in [-0.2, 0) is 19.3 Å². The molecule has 8 heteroatoms. The van der Waals surface area contributed by atoms with Gasteiger partial charge in [0.15, 0.2) is 0 Å². The Hall–Kier alpha value is -2.58. The van der Waals surface area contributed by atoms with E-state index < -0.39 is 5.82 Å². The van der Waals surface area contributed by atoms with E-state index in [4.69, 9.17) is 0 Å². The molecule has 172 valence electrons. The van der Waals surface area contributed by atoms with Gasteiger partial charge in [0.1, 0.15) is 5.82 Å². The van der Waals surface area contributed by atoms with Crippen LogP contribution in [-0.4, -0.2) is 84.2 Å². The molecule has 0 unspecified atom stereocenters. The standard InChI is InChI=1S/C24H32FN5O2/c1-28(2)9-10-29-11-13-30(14-12-29)24(32)20-15-17(7-8-21(20)25)16-22-18-5-3-4-6-19(18)23(31)27-26-22/h7-8,15H,3-6,9-14,16H2,1-2H3,(H,27,31). The Labute approximate surface area is 188 Å². The lowest BCUT2D eigenvalue weighted by Gasteiger charge is -2.35. The average molecular weight is 442 g/mol. The van der Waals surface area contributed by atoms with Crippen LogP contribution in [0.2, 0.25) is 0 Å². The van der Waals surface area contributed by atoms with Crippen molar-refractivity contribution < 1.29 is 9.18 Å². The van der Waals surface area contributed by atoms with Gasteiger partial charge in [0, 0.05) is 51.3 Å². The van der Waals surface area contributed by atoms with Crippen LogP contribution >= 0.6 is 0 Å². The average Bonchev–Trinajstić information content (AvgIpc) is 2.81. The zero-order chi connectivity index (χ0) is 22.7. The number of aromatic amines is 1. The zero-order valence-corrected chi connectivity index (χ0v) is 19.0. The van der Waals surface area contributed by atoms with Gasteiger partial charge < -0.3 is 9.80 Å². The molecule has 1 aromatic heterocycles. The molecule has 7 nitrogen and oxygen atoms in total. The third-order valence-corrected chi connectivity index (χ3v) is 6.54. The Balaban J connectivity index is 1.47. The first-order chi connectivity index (χ1) is 15.4. The first-order valence-corrected chi connectivity index (χ1v) is 11.5. The molecule has 1 aromatic carbocycles. The number of aromatic nitrogens is 2. The highest BCUT2D eigenvalue weighted by atomic mass is 19.1. The fraction of sp³-hybridized carbons (Fsp3) is 0.542. The summed E-state index contributed by atoms with van der Waals surface area (Å²) in [7, 11) is 4.10. The Morgan fingerprint density at radius 3 is 2.56 bits per heavy atom. The van der Waals surface area contributed by atoms with Crippen LogP contribution in [0.1, 0.15) is 45.6 Å². The van der Waals surface area contributed by atoms with Crippen LogP contribution in [0.5, 0.6) is 0 Å². The number of nitrogens with one attached hydrogen (secondary N) is 1. The number of hydrogen-bond donors (Lipinski definition) is 1. The lowest BCUT2D eigenvalue weighted by atomic mass is 9.90. The van der Waals surface area contributed by atoms with Crippen molar-refractivity contribution in [1.29, 1.82) is 0 Å². The number of amides is 1. The summed E-state index contributed by atoms with van der Waals surface area (Å²) in [6.07, 6.45) is 4.13. The van der Waals surface area contributed by atoms with Gasteiger partial charge in [-0.2, -0.15) is 5.10 Å². The van der Waals surface area contributed by atoms with E-state index in [0.717, 1.165) is 74.2 Å². The molecule has 1 aliphatic carbocycles. The fourth-order valence-electron chi connectivity index (χ4n) is 4.60. The Morgan fingerprint density at radius 1 is 1.12 bits per heavy atom. The number of H-pyrrole nitrogens is 1. The van der Waals surface area contributed by atoms with Gasteiger partial charge in [0.05, 0.1) is 11.3 Å². The predicted octanol–water partition coefficient (Wildman–Crippen LogP) is 1.70. The second-order valence-electron chi connectivity index (χ2n) is 9.09. The second kappa shape index (κ2) is 9.92. The smallest absolute Gasteiger partial charge is 0.267 e. The van der Waals surface area contributed by atoms with Gasteiger partial charge in [-0.3, -0.25) is 14.5 Å². The lowest BCUT2D eigenvalue weighted by molar-refractivity contribution is 0.0625. The quantitative estimate of drug-likeness (QED) is 0.739. The van der Waals surface area contributed by atoms with Crippen molar-refractivity contribution in [3.8, 4) is 0 Å². The molecule has 32 heavy (non-hydrogen) atoms. The van der Waals surface area contributed by atoms with Crippen LogP contribution in [0.15, 0.2) is 23.0 Å². The molecule has 1 aliphatic heterocycles. The van der Waals surface area contributed by atoms with Gasteiger partial charge in [-0.05, 0) is 63.0 Å². The molecule has 1 fully saturated rings. The van der Waals surface area contributed by atoms with E-state index in [1.54, 1.807) is 17.0 Å². The van der Waals surface area contributed by atoms with Gasteiger partial charge in [0.2, 0.25) is 0 Å². The maximum atomic E-state index is 14.6. The predicted molar refractivity (Wildman–Crippen MR) is 122 cm³/mol. The molecule has 1 saturated heterocycles. The number of piperazine rings is 1. The maximum absolute atomic E-state index is 14.6. The van der Waals surface area contributed by atoms with Crippen LogP contribution in [0.25, 0.3) is 0 Å². The minimum atomic E-state index is -0.495. The van der Waals surface area contributed by atoms with E-state index in [9.17, 15) is 14.0 Å². The highest BCUT2D eigenvalue weighted by Crippen LogP contribution is 2.23. The van der Waals surface area contributed by atoms with Crippen LogP contribution < -0.4 is 5.56 Å². The number of rotatable bonds is 6. The number of fused-ring (bicyclic) bond motifs is 1. The van der Waals surface area contributed by atoms with Crippen molar-refractivity contribution >= 4 is 5.91 Å². The van der Waals surface area contributed by atoms with E-state index in [-0.39, 0.29) is 17.0 Å². The van der Waals surface area contributed by atoms with Crippen LogP contribution in [0, 0.1) is 5.82 Å². The molecule has 4 rings (SSSR count). The number of nitrogens with zero attached hydrogens (tertiary/aromatic N) is 4. The Bertz CT molecular complexity index is 1030. The monoisotopic (exact) mass is 441 g/mol. The van der Waals surface area contributed by atoms with E-state index in [2.05, 4.69) is 20.0 Å². The van der Waals surface area contributed by atoms with Crippen LogP contribution in [0.3, 0.4) is 0 Å². The minimum Gasteiger partial charge on any atom is -0.336 e. The molecule has 2 aliphatic rings. The summed E-state index contributed by atoms with van der Waals surface area (Å²) in [6, 6.07) is 4.72. The maximum Gasteiger partial charge on any atom is 0.267 e. The van der Waals surface area contributed by atoms with E-state index in [1.165, 1.54) is 6.07 Å². The van der Waals surface area contributed by atoms with Crippen molar-refractivity contribution in [2.45, 2.75) is 32.1 Å². The first-order valence-electron chi connectivity index (χ1n) is 11.5. The molecule has 1 N–H and O–H groups in total. The largest absolute Gasteiger partial charge is 0.336 e. The van der Waals surface area contributed by atoms with E-state index in [0.29, 0.717) is 19.5 Å². The number of carbonyl (C=O) groups excluding carboxylic acids is 1. The first kappa shape index (κ1) is 22.6. The topological polar surface area (TPSA) is 72.5 Å². The highest BCUT2D eigenvalue weighted by Gasteiger charge is 2.25. The second-order valence-corrected chi connectivity index (χ2v) is 9.09. The van der Waals surface area contributed by atoms with Gasteiger partial charge in [0.25, 0.3) is 11.5 Å². The number of likely N-dealkylation sites (N-methyl/N-ethyl adjacent to an activating group) is 1. The lowest BCUT2D eigenvalue weighted by Crippen LogP contribution is -2.50. The summed E-state index contributed by atoms with van der Waals surface area (Å²) < 4.78 is 14.6. The van der Waals surface area contributed by atoms with Crippen molar-refractivity contribution in [2.24, 2.45) is 0 Å². The van der Waals surface area contributed by atoms with E-state index in [1.807, 2.05) is 14.1 Å². The molecule has 0 spiro atoms. The fourth-order valence-corrected chi connectivity index (χ4v) is 4.60. The third-order valence-electron chi connectivity index (χ3n) is 6.54. The van der Waals surface area contributed by atoms with Crippen molar-refractivity contribution in [1.82, 2.24) is 24.9 Å². The summed E-state index contributed by atoms with van der Waals surface area (Å²) in [4.78, 5) is 31.4. The molecule has 0 saturated carbocycles. The summed E-state index contributed by atoms with van der Waals surface area (Å²) in [6.45, 7) is 4.75. The number of carbonyl (C=O) groups is 1. The van der Waals surface area contributed by atoms with Crippen molar-refractivity contribution in [2.75, 3.05) is 53.4 Å². The molecule has 2 heterocycles. The summed E-state index contributed by atoms with van der Waals surface area (Å²) >= 11 is 0. The van der Waals surface area contributed by atoms with Crippen molar-refractivity contribution in [3.05, 3.63) is 62.3 Å². The van der Waals surface area contributed by atoms with Gasteiger partial charge in [-0.1, -0.05) is 6.07 Å². The van der Waals surface area contributed by atoms with Gasteiger partial charge in [-0.15, -0.1) is 0 Å². The normalized spacial score (nSPS) is 16.9. The molecule has 0 radical (unpaired) electrons. The Kier molecular flexibility index (Phi) is 7.01. The van der Waals surface area contributed by atoms with Crippen LogP contribution in [0.4, 0.5) is 4.39 Å². The zero-order valence-electron chi connectivity index (χ0n) is 19.0. The molecule has 1 amide bonds. The number of halogens is 1. The summed E-state index contributed by atoms with van der Waals surface area (Å²) in [5.74, 6) is -0.752. The minimum absolute atomic E-state index is 0.108. The molecular weight excluding hydrogens is 409 g/mol. The highest BCUT2D eigenvalue weighted by molar-refractivity contribution is 5.94. The van der Waals surface area contributed by atoms with E-state index >= 15 is 0 Å².